The highest BCUT2D eigenvalue weighted by Gasteiger charge is 2.18. The molecular weight excluding hydrogens is 248 g/mol. The molecule has 0 heterocycles. The van der Waals surface area contributed by atoms with Crippen LogP contribution in [-0.4, -0.2) is 15.2 Å². The first-order valence-electron chi connectivity index (χ1n) is 7.00. The maximum Gasteiger partial charge on any atom is 0.125 e. The van der Waals surface area contributed by atoms with E-state index in [4.69, 9.17) is 4.74 Å². The molecule has 0 saturated carbocycles. The molecule has 19 heavy (non-hydrogen) atoms. The van der Waals surface area contributed by atoms with Crippen LogP contribution >= 0.6 is 0 Å². The maximum atomic E-state index is 5.58. The molecule has 0 saturated heterocycles. The van der Waals surface area contributed by atoms with Crippen LogP contribution in [0.3, 0.4) is 0 Å². The molecule has 0 aromatic heterocycles. The van der Waals surface area contributed by atoms with Crippen molar-refractivity contribution >= 4 is 13.8 Å². The Morgan fingerprint density at radius 2 is 1.79 bits per heavy atom. The van der Waals surface area contributed by atoms with Crippen molar-refractivity contribution in [2.45, 2.75) is 39.4 Å². The first-order chi connectivity index (χ1) is 8.99. The summed E-state index contributed by atoms with van der Waals surface area (Å²) >= 11 is 0. The van der Waals surface area contributed by atoms with Crippen molar-refractivity contribution in [2.24, 2.45) is 0 Å². The number of methoxy groups -OCH3 is 1. The van der Waals surface area contributed by atoms with Gasteiger partial charge >= 0.3 is 0 Å². The fraction of sp³-hybridized carbons (Fsp3) is 0.412. The van der Waals surface area contributed by atoms with Crippen LogP contribution in [0.5, 0.6) is 0 Å². The van der Waals surface area contributed by atoms with Gasteiger partial charge in [-0.3, -0.25) is 0 Å². The molecule has 2 heteroatoms. The van der Waals surface area contributed by atoms with Gasteiger partial charge in [-0.05, 0) is 12.5 Å². The van der Waals surface area contributed by atoms with Crippen LogP contribution < -0.4 is 0 Å². The van der Waals surface area contributed by atoms with Crippen molar-refractivity contribution in [3.8, 4) is 0 Å². The van der Waals surface area contributed by atoms with Crippen molar-refractivity contribution in [3.63, 3.8) is 0 Å². The molecule has 0 N–H and O–H groups in total. The molecule has 0 amide bonds. The second-order valence-electron chi connectivity index (χ2n) is 5.78. The summed E-state index contributed by atoms with van der Waals surface area (Å²) in [6, 6.07) is 10.3. The minimum absolute atomic E-state index is 0.963. The van der Waals surface area contributed by atoms with Crippen LogP contribution in [0.1, 0.15) is 25.3 Å². The lowest BCUT2D eigenvalue weighted by Crippen LogP contribution is -2.23. The largest absolute Gasteiger partial charge is 0.496 e. The molecule has 104 valence electrons. The van der Waals surface area contributed by atoms with Gasteiger partial charge in [0.15, 0.2) is 0 Å². The van der Waals surface area contributed by atoms with Crippen LogP contribution in [0.2, 0.25) is 19.6 Å². The summed E-state index contributed by atoms with van der Waals surface area (Å²) in [7, 11) is 0.419. The quantitative estimate of drug-likeness (QED) is 0.390. The Labute approximate surface area is 119 Å². The van der Waals surface area contributed by atoms with Gasteiger partial charge in [0.25, 0.3) is 0 Å². The third-order valence-electron chi connectivity index (χ3n) is 3.08. The van der Waals surface area contributed by atoms with E-state index in [-0.39, 0.29) is 0 Å². The summed E-state index contributed by atoms with van der Waals surface area (Å²) in [6.45, 7) is 9.35. The minimum atomic E-state index is -1.33. The molecule has 0 spiro atoms. The number of hydrogen-bond donors (Lipinski definition) is 0. The van der Waals surface area contributed by atoms with E-state index in [2.05, 4.69) is 50.8 Å². The van der Waals surface area contributed by atoms with Crippen molar-refractivity contribution < 1.29 is 4.74 Å². The standard InChI is InChI=1S/C17H26OSi/c1-6-7-13-16(19(3,4)5)14-17(18-2)15-11-9-8-10-12-15/h8-14H,6-7H2,1-5H3/b16-13-,17-14-. The van der Waals surface area contributed by atoms with Crippen molar-refractivity contribution in [3.05, 3.63) is 53.2 Å². The SMILES string of the molecule is CCC/C=C(/C=C(\OC)c1ccccc1)[Si](C)(C)C. The number of hydrogen-bond acceptors (Lipinski definition) is 1. The molecule has 0 unspecified atom stereocenters. The topological polar surface area (TPSA) is 9.23 Å². The van der Waals surface area contributed by atoms with Crippen LogP contribution in [0, 0.1) is 0 Å². The normalized spacial score (nSPS) is 13.5. The average molecular weight is 274 g/mol. The second-order valence-corrected chi connectivity index (χ2v) is 10.9. The summed E-state index contributed by atoms with van der Waals surface area (Å²) < 4.78 is 5.58. The molecule has 1 nitrogen and oxygen atoms in total. The molecular formula is C17H26OSi. The van der Waals surface area contributed by atoms with Gasteiger partial charge in [-0.2, -0.15) is 0 Å². The number of ether oxygens (including phenoxy) is 1. The molecule has 0 radical (unpaired) electrons. The van der Waals surface area contributed by atoms with Crippen molar-refractivity contribution in [1.82, 2.24) is 0 Å². The van der Waals surface area contributed by atoms with Crippen LogP contribution in [0.15, 0.2) is 47.7 Å². The van der Waals surface area contributed by atoms with Gasteiger partial charge in [0, 0.05) is 5.56 Å². The Morgan fingerprint density at radius 3 is 2.26 bits per heavy atom. The van der Waals surface area contributed by atoms with E-state index in [1.807, 2.05) is 18.2 Å². The first kappa shape index (κ1) is 15.8. The number of benzene rings is 1. The van der Waals surface area contributed by atoms with Gasteiger partial charge in [-0.15, -0.1) is 0 Å². The zero-order valence-electron chi connectivity index (χ0n) is 12.9. The lowest BCUT2D eigenvalue weighted by Gasteiger charge is -2.19. The van der Waals surface area contributed by atoms with E-state index >= 15 is 0 Å². The average Bonchev–Trinajstić information content (AvgIpc) is 2.38. The fourth-order valence-electron chi connectivity index (χ4n) is 1.89. The zero-order valence-corrected chi connectivity index (χ0v) is 13.9. The van der Waals surface area contributed by atoms with E-state index in [1.165, 1.54) is 11.6 Å². The highest BCUT2D eigenvalue weighted by Crippen LogP contribution is 2.23. The predicted octanol–water partition coefficient (Wildman–Crippen LogP) is 5.28. The molecule has 0 bridgehead atoms. The van der Waals surface area contributed by atoms with Crippen molar-refractivity contribution in [1.29, 1.82) is 0 Å². The monoisotopic (exact) mass is 274 g/mol. The zero-order chi connectivity index (χ0) is 14.3. The number of rotatable bonds is 6. The van der Waals surface area contributed by atoms with E-state index in [9.17, 15) is 0 Å². The summed E-state index contributed by atoms with van der Waals surface area (Å²) in [4.78, 5) is 0. The Balaban J connectivity index is 3.12. The van der Waals surface area contributed by atoms with Crippen molar-refractivity contribution in [2.75, 3.05) is 7.11 Å². The molecule has 1 aromatic rings. The Kier molecular flexibility index (Phi) is 6.09. The highest BCUT2D eigenvalue weighted by atomic mass is 28.3. The van der Waals surface area contributed by atoms with Crippen LogP contribution in [0.25, 0.3) is 5.76 Å². The second kappa shape index (κ2) is 7.34. The van der Waals surface area contributed by atoms with Gasteiger partial charge in [0.1, 0.15) is 5.76 Å². The molecule has 1 rings (SSSR count). The van der Waals surface area contributed by atoms with Gasteiger partial charge < -0.3 is 4.74 Å². The van der Waals surface area contributed by atoms with Crippen LogP contribution in [-0.2, 0) is 4.74 Å². The van der Waals surface area contributed by atoms with E-state index < -0.39 is 8.07 Å². The molecule has 0 aliphatic heterocycles. The minimum Gasteiger partial charge on any atom is -0.496 e. The van der Waals surface area contributed by atoms with Crippen LogP contribution in [0.4, 0.5) is 0 Å². The summed E-state index contributed by atoms with van der Waals surface area (Å²) in [5.74, 6) is 0.963. The lowest BCUT2D eigenvalue weighted by atomic mass is 10.1. The molecule has 1 aromatic carbocycles. The summed E-state index contributed by atoms with van der Waals surface area (Å²) in [6.07, 6.45) is 6.95. The first-order valence-corrected chi connectivity index (χ1v) is 10.5. The molecule has 0 aliphatic carbocycles. The fourth-order valence-corrected chi connectivity index (χ4v) is 3.21. The Bertz CT molecular complexity index is 438. The van der Waals surface area contributed by atoms with Gasteiger partial charge in [-0.1, -0.05) is 74.6 Å². The number of allylic oxidation sites excluding steroid dienone is 3. The molecule has 0 atom stereocenters. The smallest absolute Gasteiger partial charge is 0.125 e. The Hall–Kier alpha value is -1.28. The summed E-state index contributed by atoms with van der Waals surface area (Å²) in [5.41, 5.74) is 1.14. The lowest BCUT2D eigenvalue weighted by molar-refractivity contribution is 0.370. The van der Waals surface area contributed by atoms with E-state index in [0.29, 0.717) is 0 Å². The Morgan fingerprint density at radius 1 is 1.16 bits per heavy atom. The van der Waals surface area contributed by atoms with Gasteiger partial charge in [-0.25, -0.2) is 0 Å². The molecule has 0 aliphatic rings. The third kappa shape index (κ3) is 5.07. The van der Waals surface area contributed by atoms with E-state index in [1.54, 1.807) is 7.11 Å². The van der Waals surface area contributed by atoms with Gasteiger partial charge in [0.2, 0.25) is 0 Å². The maximum absolute atomic E-state index is 5.58. The molecule has 0 fully saturated rings. The third-order valence-corrected chi connectivity index (χ3v) is 5.16. The predicted molar refractivity (Wildman–Crippen MR) is 87.8 cm³/mol. The number of unbranched alkanes of at least 4 members (excludes halogenated alkanes) is 1. The van der Waals surface area contributed by atoms with E-state index in [0.717, 1.165) is 17.7 Å². The van der Waals surface area contributed by atoms with Gasteiger partial charge in [0.05, 0.1) is 15.2 Å². The summed E-state index contributed by atoms with van der Waals surface area (Å²) in [5, 5.41) is 1.47. The highest BCUT2D eigenvalue weighted by molar-refractivity contribution is 6.83.